The fourth-order valence-corrected chi connectivity index (χ4v) is 5.35. The van der Waals surface area contributed by atoms with Crippen LogP contribution in [0.15, 0.2) is 58.8 Å². The van der Waals surface area contributed by atoms with Crippen molar-refractivity contribution in [3.05, 3.63) is 65.0 Å². The number of amides is 2. The normalized spacial score (nSPS) is 11.6. The zero-order valence-electron chi connectivity index (χ0n) is 16.7. The second-order valence-corrected chi connectivity index (χ2v) is 10.4. The zero-order chi connectivity index (χ0) is 21.7. The molecule has 2 amide bonds. The van der Waals surface area contributed by atoms with Crippen LogP contribution in [-0.4, -0.2) is 45.2 Å². The van der Waals surface area contributed by atoms with Crippen LogP contribution in [0.1, 0.15) is 10.4 Å². The van der Waals surface area contributed by atoms with Crippen LogP contribution in [0.25, 0.3) is 10.8 Å². The lowest BCUT2D eigenvalue weighted by atomic mass is 10.0. The molecule has 0 saturated carbocycles. The maximum atomic E-state index is 12.3. The van der Waals surface area contributed by atoms with E-state index in [9.17, 15) is 18.0 Å². The van der Waals surface area contributed by atoms with Crippen LogP contribution in [0.4, 0.5) is 0 Å². The molecule has 0 aliphatic rings. The zero-order valence-corrected chi connectivity index (χ0v) is 18.3. The van der Waals surface area contributed by atoms with E-state index in [1.54, 1.807) is 6.07 Å². The summed E-state index contributed by atoms with van der Waals surface area (Å²) in [5.74, 6) is -0.580. The molecular weight excluding hydrogens is 422 g/mol. The molecule has 0 saturated heterocycles. The maximum Gasteiger partial charge on any atom is 0.252 e. The quantitative estimate of drug-likeness (QED) is 0.555. The summed E-state index contributed by atoms with van der Waals surface area (Å²) in [6.45, 7) is 0.0590. The Labute approximate surface area is 179 Å². The van der Waals surface area contributed by atoms with E-state index >= 15 is 0 Å². The first-order valence-electron chi connectivity index (χ1n) is 9.28. The number of thiophene rings is 1. The van der Waals surface area contributed by atoms with Crippen LogP contribution >= 0.6 is 11.3 Å². The summed E-state index contributed by atoms with van der Waals surface area (Å²) in [5.41, 5.74) is 0.902. The van der Waals surface area contributed by atoms with Crippen molar-refractivity contribution in [1.29, 1.82) is 0 Å². The molecule has 0 aliphatic heterocycles. The summed E-state index contributed by atoms with van der Waals surface area (Å²) < 4.78 is 25.6. The molecule has 7 nitrogen and oxygen atoms in total. The van der Waals surface area contributed by atoms with Gasteiger partial charge in [0, 0.05) is 19.0 Å². The van der Waals surface area contributed by atoms with Gasteiger partial charge in [-0.05, 0) is 28.5 Å². The molecule has 1 aromatic heterocycles. The fraction of sp³-hybridized carbons (Fsp3) is 0.238. The average molecular weight is 446 g/mol. The van der Waals surface area contributed by atoms with Crippen LogP contribution in [0.3, 0.4) is 0 Å². The standard InChI is InChI=1S/C21H23N3O4S2/c1-24(2)30(27,28)21-11-10-17(29-21)13-22-20(26)14-23-19(25)12-16-8-5-7-15-6-3-4-9-18(15)16/h3-11H,12-14H2,1-2H3,(H,22,26)(H,23,25). The number of fused-ring (bicyclic) bond motifs is 1. The van der Waals surface area contributed by atoms with Gasteiger partial charge < -0.3 is 10.6 Å². The van der Waals surface area contributed by atoms with Gasteiger partial charge in [-0.15, -0.1) is 11.3 Å². The first-order valence-corrected chi connectivity index (χ1v) is 11.5. The molecule has 3 aromatic rings. The van der Waals surface area contributed by atoms with Crippen LogP contribution < -0.4 is 10.6 Å². The smallest absolute Gasteiger partial charge is 0.252 e. The van der Waals surface area contributed by atoms with Crippen molar-refractivity contribution in [3.8, 4) is 0 Å². The average Bonchev–Trinajstić information content (AvgIpc) is 3.21. The lowest BCUT2D eigenvalue weighted by Crippen LogP contribution is -2.37. The number of benzene rings is 2. The highest BCUT2D eigenvalue weighted by Crippen LogP contribution is 2.23. The Kier molecular flexibility index (Phi) is 6.86. The number of carbonyl (C=O) groups is 2. The van der Waals surface area contributed by atoms with Crippen LogP contribution in [-0.2, 0) is 32.6 Å². The predicted molar refractivity (Wildman–Crippen MR) is 118 cm³/mol. The number of nitrogens with one attached hydrogen (secondary N) is 2. The Morgan fingerprint density at radius 3 is 2.43 bits per heavy atom. The molecule has 0 radical (unpaired) electrons. The minimum Gasteiger partial charge on any atom is -0.350 e. The second kappa shape index (κ2) is 9.38. The lowest BCUT2D eigenvalue weighted by Gasteiger charge is -2.09. The van der Waals surface area contributed by atoms with E-state index in [-0.39, 0.29) is 35.5 Å². The molecule has 0 spiro atoms. The fourth-order valence-electron chi connectivity index (χ4n) is 2.88. The van der Waals surface area contributed by atoms with Gasteiger partial charge in [-0.3, -0.25) is 9.59 Å². The molecule has 0 atom stereocenters. The summed E-state index contributed by atoms with van der Waals surface area (Å²) in [7, 11) is -0.540. The first-order chi connectivity index (χ1) is 14.3. The number of carbonyl (C=O) groups excluding carboxylic acids is 2. The van der Waals surface area contributed by atoms with Gasteiger partial charge in [0.15, 0.2) is 0 Å². The molecule has 1 heterocycles. The molecule has 0 aliphatic carbocycles. The number of hydrogen-bond donors (Lipinski definition) is 2. The summed E-state index contributed by atoms with van der Waals surface area (Å²) in [6.07, 6.45) is 0.186. The molecule has 9 heteroatoms. The number of rotatable bonds is 8. The van der Waals surface area contributed by atoms with Crippen molar-refractivity contribution in [2.45, 2.75) is 17.2 Å². The second-order valence-electron chi connectivity index (χ2n) is 6.88. The number of nitrogens with zero attached hydrogens (tertiary/aromatic N) is 1. The first kappa shape index (κ1) is 21.9. The van der Waals surface area contributed by atoms with Gasteiger partial charge in [0.25, 0.3) is 10.0 Å². The van der Waals surface area contributed by atoms with Gasteiger partial charge in [0.2, 0.25) is 11.8 Å². The van der Waals surface area contributed by atoms with Gasteiger partial charge >= 0.3 is 0 Å². The van der Waals surface area contributed by atoms with Crippen LogP contribution in [0.2, 0.25) is 0 Å². The number of hydrogen-bond acceptors (Lipinski definition) is 5. The van der Waals surface area contributed by atoms with E-state index in [0.717, 1.165) is 32.0 Å². The molecule has 2 aromatic carbocycles. The molecule has 2 N–H and O–H groups in total. The van der Waals surface area contributed by atoms with E-state index in [2.05, 4.69) is 10.6 Å². The predicted octanol–water partition coefficient (Wildman–Crippen LogP) is 2.13. The maximum absolute atomic E-state index is 12.3. The molecule has 0 bridgehead atoms. The Balaban J connectivity index is 1.49. The van der Waals surface area contributed by atoms with Crippen molar-refractivity contribution >= 4 is 43.9 Å². The van der Waals surface area contributed by atoms with Gasteiger partial charge in [-0.2, -0.15) is 0 Å². The Hall–Kier alpha value is -2.75. The van der Waals surface area contributed by atoms with Gasteiger partial charge in [0.05, 0.1) is 19.5 Å². The highest BCUT2D eigenvalue weighted by Gasteiger charge is 2.19. The van der Waals surface area contributed by atoms with E-state index in [1.165, 1.54) is 20.2 Å². The summed E-state index contributed by atoms with van der Waals surface area (Å²) in [6, 6.07) is 16.8. The van der Waals surface area contributed by atoms with Crippen molar-refractivity contribution < 1.29 is 18.0 Å². The third-order valence-electron chi connectivity index (χ3n) is 4.51. The van der Waals surface area contributed by atoms with Crippen molar-refractivity contribution in [2.75, 3.05) is 20.6 Å². The lowest BCUT2D eigenvalue weighted by molar-refractivity contribution is -0.125. The molecule has 0 fully saturated rings. The minimum absolute atomic E-state index is 0.141. The third kappa shape index (κ3) is 5.24. The Bertz CT molecular complexity index is 1160. The van der Waals surface area contributed by atoms with Gasteiger partial charge in [-0.25, -0.2) is 12.7 Å². The Morgan fingerprint density at radius 1 is 0.933 bits per heavy atom. The molecule has 158 valence electrons. The minimum atomic E-state index is -3.48. The van der Waals surface area contributed by atoms with E-state index in [0.29, 0.717) is 4.88 Å². The third-order valence-corrected chi connectivity index (χ3v) is 7.88. The summed E-state index contributed by atoms with van der Waals surface area (Å²) >= 11 is 1.11. The Morgan fingerprint density at radius 2 is 1.67 bits per heavy atom. The number of sulfonamides is 1. The van der Waals surface area contributed by atoms with Crippen LogP contribution in [0.5, 0.6) is 0 Å². The molecule has 30 heavy (non-hydrogen) atoms. The summed E-state index contributed by atoms with van der Waals surface area (Å²) in [5, 5.41) is 7.39. The van der Waals surface area contributed by atoms with Crippen molar-refractivity contribution in [2.24, 2.45) is 0 Å². The molecular formula is C21H23N3O4S2. The van der Waals surface area contributed by atoms with Gasteiger partial charge in [0.1, 0.15) is 4.21 Å². The molecule has 0 unspecified atom stereocenters. The summed E-state index contributed by atoms with van der Waals surface area (Å²) in [4.78, 5) is 25.0. The highest BCUT2D eigenvalue weighted by molar-refractivity contribution is 7.91. The topological polar surface area (TPSA) is 95.6 Å². The highest BCUT2D eigenvalue weighted by atomic mass is 32.2. The van der Waals surface area contributed by atoms with Crippen molar-refractivity contribution in [1.82, 2.24) is 14.9 Å². The SMILES string of the molecule is CN(C)S(=O)(=O)c1ccc(CNC(=O)CNC(=O)Cc2cccc3ccccc23)s1. The largest absolute Gasteiger partial charge is 0.350 e. The van der Waals surface area contributed by atoms with Crippen LogP contribution in [0, 0.1) is 0 Å². The van der Waals surface area contributed by atoms with Crippen molar-refractivity contribution in [3.63, 3.8) is 0 Å². The van der Waals surface area contributed by atoms with E-state index in [1.807, 2.05) is 42.5 Å². The van der Waals surface area contributed by atoms with E-state index in [4.69, 9.17) is 0 Å². The molecule has 3 rings (SSSR count). The van der Waals surface area contributed by atoms with Gasteiger partial charge in [-0.1, -0.05) is 42.5 Å². The monoisotopic (exact) mass is 445 g/mol. The van der Waals surface area contributed by atoms with E-state index < -0.39 is 10.0 Å².